The molecule has 10 nitrogen and oxygen atoms in total. The van der Waals surface area contributed by atoms with E-state index in [1.165, 1.54) is 0 Å². The zero-order valence-corrected chi connectivity index (χ0v) is 24.5. The molecule has 45 heavy (non-hydrogen) atoms. The Balaban J connectivity index is 1.44. The molecule has 3 saturated heterocycles. The summed E-state index contributed by atoms with van der Waals surface area (Å²) in [6.07, 6.45) is -4.19. The van der Waals surface area contributed by atoms with Gasteiger partial charge in [0.25, 0.3) is 0 Å². The number of halogens is 6. The number of nitrogens with two attached hydrogens (primary N) is 1. The van der Waals surface area contributed by atoms with Gasteiger partial charge in [-0.15, -0.1) is 0 Å². The maximum atomic E-state index is 16.6. The first-order valence-electron chi connectivity index (χ1n) is 14.5. The topological polar surface area (TPSA) is 123 Å². The summed E-state index contributed by atoms with van der Waals surface area (Å²) in [7, 11) is 0. The first kappa shape index (κ1) is 29.9. The zero-order chi connectivity index (χ0) is 31.7. The number of benzene rings is 1. The van der Waals surface area contributed by atoms with E-state index in [-0.39, 0.29) is 74.7 Å². The van der Waals surface area contributed by atoms with Crippen LogP contribution < -0.4 is 20.1 Å². The Labute approximate surface area is 258 Å². The Bertz CT molecular complexity index is 1720. The van der Waals surface area contributed by atoms with Crippen molar-refractivity contribution in [1.82, 2.24) is 19.9 Å². The highest BCUT2D eigenvalue weighted by Crippen LogP contribution is 2.47. The van der Waals surface area contributed by atoms with Crippen molar-refractivity contribution in [3.63, 3.8) is 0 Å². The molecular weight excluding hydrogens is 625 g/mol. The van der Waals surface area contributed by atoms with Crippen LogP contribution in [0.5, 0.6) is 11.9 Å². The first-order chi connectivity index (χ1) is 21.5. The average Bonchev–Trinajstić information content (AvgIpc) is 3.51. The molecule has 16 heteroatoms. The molecule has 238 valence electrons. The maximum absolute atomic E-state index is 16.6. The van der Waals surface area contributed by atoms with Gasteiger partial charge in [-0.25, -0.2) is 13.8 Å². The lowest BCUT2D eigenvalue weighted by Gasteiger charge is -2.40. The van der Waals surface area contributed by atoms with E-state index < -0.39 is 63.0 Å². The quantitative estimate of drug-likeness (QED) is 0.312. The second-order valence-corrected chi connectivity index (χ2v) is 12.2. The van der Waals surface area contributed by atoms with Gasteiger partial charge in [0.05, 0.1) is 41.4 Å². The highest BCUT2D eigenvalue weighted by molar-refractivity contribution is 6.32. The highest BCUT2D eigenvalue weighted by Gasteiger charge is 2.49. The number of rotatable bonds is 4. The van der Waals surface area contributed by atoms with Crippen molar-refractivity contribution < 1.29 is 36.2 Å². The lowest BCUT2D eigenvalue weighted by Crippen LogP contribution is -2.51. The molecule has 0 amide bonds. The summed E-state index contributed by atoms with van der Waals surface area (Å²) < 4.78 is 91.4. The Morgan fingerprint density at radius 3 is 2.80 bits per heavy atom. The largest absolute Gasteiger partial charge is 0.476 e. The third-order valence-electron chi connectivity index (χ3n) is 9.06. The van der Waals surface area contributed by atoms with E-state index in [0.29, 0.717) is 13.0 Å². The number of aromatic nitrogens is 3. The van der Waals surface area contributed by atoms with Crippen molar-refractivity contribution in [2.45, 2.75) is 43.2 Å². The molecule has 0 saturated carbocycles. The number of fused-ring (bicyclic) bond motifs is 3. The van der Waals surface area contributed by atoms with Crippen molar-refractivity contribution >= 4 is 34.0 Å². The standard InChI is InChI=1S/C29H27ClF5N7O3/c30-18-7-16(37)6-17(21(18)29(33,34)35)23-22(32)24-20-25(42-4-5-43-12-19(42)14(9-36)11-44-26(20)38-23)40-27(39-24)45-13-28-2-1-3-41(28)10-15(31)8-28/h6-7,14-15,19H,1-5,8,10-13,37H2/t14?,15-,19?,28+/m1/s1. The molecule has 6 heterocycles. The van der Waals surface area contributed by atoms with Crippen LogP contribution in [0.3, 0.4) is 0 Å². The molecule has 0 radical (unpaired) electrons. The van der Waals surface area contributed by atoms with E-state index in [4.69, 9.17) is 31.5 Å². The van der Waals surface area contributed by atoms with E-state index in [0.717, 1.165) is 18.6 Å². The fourth-order valence-electron chi connectivity index (χ4n) is 7.03. The van der Waals surface area contributed by atoms with Crippen LogP contribution in [0.4, 0.5) is 33.5 Å². The average molecular weight is 652 g/mol. The van der Waals surface area contributed by atoms with E-state index in [2.05, 4.69) is 21.0 Å². The fraction of sp³-hybridized carbons (Fsp3) is 0.517. The van der Waals surface area contributed by atoms with Gasteiger partial charge in [0.1, 0.15) is 47.7 Å². The lowest BCUT2D eigenvalue weighted by atomic mass is 9.95. The van der Waals surface area contributed by atoms with Crippen LogP contribution in [-0.2, 0) is 10.9 Å². The molecular formula is C29H27ClF5N7O3. The van der Waals surface area contributed by atoms with Gasteiger partial charge in [0.2, 0.25) is 5.88 Å². The third kappa shape index (κ3) is 5.03. The summed E-state index contributed by atoms with van der Waals surface area (Å²) in [4.78, 5) is 17.0. The van der Waals surface area contributed by atoms with Crippen LogP contribution in [0.25, 0.3) is 22.2 Å². The number of morpholine rings is 1. The van der Waals surface area contributed by atoms with E-state index >= 15 is 4.39 Å². The number of ether oxygens (including phenoxy) is 3. The summed E-state index contributed by atoms with van der Waals surface area (Å²) in [5.41, 5.74) is 1.92. The zero-order valence-electron chi connectivity index (χ0n) is 23.7. The number of nitrogen functional groups attached to an aromatic ring is 1. The number of anilines is 2. The van der Waals surface area contributed by atoms with Gasteiger partial charge < -0.3 is 24.8 Å². The smallest absolute Gasteiger partial charge is 0.418 e. The SMILES string of the molecule is N#CC1COc2nc(-c3cc(N)cc(Cl)c3C(F)(F)F)c(F)c3nc(OC[C@@]45CCCN4C[C@H](F)C5)nc(c23)N2CCOCC12. The molecule has 0 aliphatic carbocycles. The van der Waals surface area contributed by atoms with Crippen molar-refractivity contribution in [2.24, 2.45) is 5.92 Å². The van der Waals surface area contributed by atoms with Crippen LogP contribution in [0, 0.1) is 23.1 Å². The van der Waals surface area contributed by atoms with Gasteiger partial charge in [-0.1, -0.05) is 11.6 Å². The van der Waals surface area contributed by atoms with Crippen molar-refractivity contribution in [3.8, 4) is 29.2 Å². The predicted molar refractivity (Wildman–Crippen MR) is 152 cm³/mol. The third-order valence-corrected chi connectivity index (χ3v) is 9.36. The molecule has 2 aromatic heterocycles. The Morgan fingerprint density at radius 2 is 2.02 bits per heavy atom. The van der Waals surface area contributed by atoms with E-state index in [9.17, 15) is 22.8 Å². The molecule has 0 bridgehead atoms. The minimum absolute atomic E-state index is 0.000734. The lowest BCUT2D eigenvalue weighted by molar-refractivity contribution is -0.137. The first-order valence-corrected chi connectivity index (χ1v) is 14.8. The van der Waals surface area contributed by atoms with E-state index in [1.54, 1.807) is 4.90 Å². The second-order valence-electron chi connectivity index (χ2n) is 11.8. The summed E-state index contributed by atoms with van der Waals surface area (Å²) in [6, 6.07) is 3.24. The van der Waals surface area contributed by atoms with Crippen molar-refractivity contribution in [1.29, 1.82) is 5.26 Å². The monoisotopic (exact) mass is 651 g/mol. The number of hydrogen-bond acceptors (Lipinski definition) is 10. The van der Waals surface area contributed by atoms with Crippen LogP contribution in [-0.4, -0.2) is 83.7 Å². The molecule has 0 spiro atoms. The predicted octanol–water partition coefficient (Wildman–Crippen LogP) is 4.78. The van der Waals surface area contributed by atoms with Gasteiger partial charge in [0, 0.05) is 30.8 Å². The normalized spacial score (nSPS) is 26.5. The van der Waals surface area contributed by atoms with E-state index in [1.807, 2.05) is 4.90 Å². The second kappa shape index (κ2) is 11.0. The molecule has 4 aliphatic rings. The van der Waals surface area contributed by atoms with Gasteiger partial charge >= 0.3 is 12.2 Å². The minimum atomic E-state index is -4.99. The van der Waals surface area contributed by atoms with Crippen molar-refractivity contribution in [2.75, 3.05) is 56.7 Å². The molecule has 4 aliphatic heterocycles. The Kier molecular flexibility index (Phi) is 7.29. The fourth-order valence-corrected chi connectivity index (χ4v) is 7.37. The minimum Gasteiger partial charge on any atom is -0.476 e. The van der Waals surface area contributed by atoms with Crippen LogP contribution >= 0.6 is 11.6 Å². The molecule has 7 rings (SSSR count). The van der Waals surface area contributed by atoms with Crippen LogP contribution in [0.2, 0.25) is 5.02 Å². The molecule has 3 aromatic rings. The molecule has 3 fully saturated rings. The molecule has 2 N–H and O–H groups in total. The highest BCUT2D eigenvalue weighted by atomic mass is 35.5. The number of hydrogen-bond donors (Lipinski definition) is 1. The molecule has 4 atom stereocenters. The summed E-state index contributed by atoms with van der Waals surface area (Å²) in [6.45, 7) is 1.50. The van der Waals surface area contributed by atoms with Gasteiger partial charge in [0.15, 0.2) is 5.82 Å². The van der Waals surface area contributed by atoms with Crippen molar-refractivity contribution in [3.05, 3.63) is 28.5 Å². The number of alkyl halides is 4. The number of nitriles is 1. The van der Waals surface area contributed by atoms with Gasteiger partial charge in [-0.05, 0) is 31.5 Å². The maximum Gasteiger partial charge on any atom is 0.418 e. The van der Waals surface area contributed by atoms with Gasteiger partial charge in [-0.2, -0.15) is 28.4 Å². The van der Waals surface area contributed by atoms with Gasteiger partial charge in [-0.3, -0.25) is 4.90 Å². The molecule has 2 unspecified atom stereocenters. The summed E-state index contributed by atoms with van der Waals surface area (Å²) >= 11 is 5.98. The summed E-state index contributed by atoms with van der Waals surface area (Å²) in [5, 5.41) is 9.24. The Morgan fingerprint density at radius 1 is 1.20 bits per heavy atom. The number of nitrogens with zero attached hydrogens (tertiary/aromatic N) is 6. The Hall–Kier alpha value is -3.74. The number of pyridine rings is 1. The molecule has 1 aromatic carbocycles. The van der Waals surface area contributed by atoms with Crippen LogP contribution in [0.1, 0.15) is 24.8 Å². The van der Waals surface area contributed by atoms with Crippen LogP contribution in [0.15, 0.2) is 12.1 Å². The summed E-state index contributed by atoms with van der Waals surface area (Å²) in [5.74, 6) is -2.10.